The summed E-state index contributed by atoms with van der Waals surface area (Å²) in [5, 5.41) is 4.06. The molecule has 0 spiro atoms. The number of anilines is 1. The van der Waals surface area contributed by atoms with E-state index < -0.39 is 10.0 Å². The van der Waals surface area contributed by atoms with Gasteiger partial charge in [-0.1, -0.05) is 0 Å². The van der Waals surface area contributed by atoms with E-state index in [-0.39, 0.29) is 4.90 Å². The molecule has 1 N–H and O–H groups in total. The van der Waals surface area contributed by atoms with E-state index in [1.54, 1.807) is 35.9 Å². The standard InChI is InChI=1S/C14H19N3O3S/c1-4-17-11(3)14(10-15-17)21(18,19)16-12-6-8-13(9-7-12)20-5-2/h6-10,16H,4-5H2,1-3H3. The van der Waals surface area contributed by atoms with Crippen LogP contribution >= 0.6 is 0 Å². The Morgan fingerprint density at radius 1 is 1.24 bits per heavy atom. The number of hydrogen-bond donors (Lipinski definition) is 1. The van der Waals surface area contributed by atoms with Crippen molar-refractivity contribution in [3.8, 4) is 5.75 Å². The van der Waals surface area contributed by atoms with Crippen LogP contribution in [0, 0.1) is 6.92 Å². The number of aromatic nitrogens is 2. The predicted molar refractivity (Wildman–Crippen MR) is 81.1 cm³/mol. The zero-order chi connectivity index (χ0) is 15.5. The van der Waals surface area contributed by atoms with Crippen LogP contribution in [0.2, 0.25) is 0 Å². The Morgan fingerprint density at radius 3 is 2.43 bits per heavy atom. The van der Waals surface area contributed by atoms with Gasteiger partial charge in [-0.2, -0.15) is 5.10 Å². The van der Waals surface area contributed by atoms with Gasteiger partial charge in [-0.25, -0.2) is 8.42 Å². The number of aryl methyl sites for hydroxylation is 1. The van der Waals surface area contributed by atoms with Gasteiger partial charge in [0.1, 0.15) is 10.6 Å². The van der Waals surface area contributed by atoms with Gasteiger partial charge >= 0.3 is 0 Å². The number of ether oxygens (including phenoxy) is 1. The molecule has 2 aromatic rings. The van der Waals surface area contributed by atoms with Crippen molar-refractivity contribution in [3.05, 3.63) is 36.2 Å². The lowest BCUT2D eigenvalue weighted by atomic mass is 10.3. The molecule has 0 amide bonds. The lowest BCUT2D eigenvalue weighted by Crippen LogP contribution is -2.14. The second-order valence-electron chi connectivity index (χ2n) is 4.47. The number of rotatable bonds is 6. The quantitative estimate of drug-likeness (QED) is 0.889. The summed E-state index contributed by atoms with van der Waals surface area (Å²) in [5.74, 6) is 0.704. The van der Waals surface area contributed by atoms with Crippen LogP contribution in [0.3, 0.4) is 0 Å². The molecule has 0 aliphatic rings. The van der Waals surface area contributed by atoms with Crippen molar-refractivity contribution < 1.29 is 13.2 Å². The molecule has 0 bridgehead atoms. The predicted octanol–water partition coefficient (Wildman–Crippen LogP) is 2.41. The molecule has 21 heavy (non-hydrogen) atoms. The fourth-order valence-corrected chi connectivity index (χ4v) is 3.24. The summed E-state index contributed by atoms with van der Waals surface area (Å²) in [7, 11) is -3.63. The first-order valence-electron chi connectivity index (χ1n) is 6.76. The summed E-state index contributed by atoms with van der Waals surface area (Å²) >= 11 is 0. The molecule has 0 aliphatic carbocycles. The van der Waals surface area contributed by atoms with E-state index >= 15 is 0 Å². The first kappa shape index (κ1) is 15.4. The zero-order valence-electron chi connectivity index (χ0n) is 12.3. The number of hydrogen-bond acceptors (Lipinski definition) is 4. The highest BCUT2D eigenvalue weighted by Gasteiger charge is 2.20. The minimum atomic E-state index is -3.63. The molecule has 0 fully saturated rings. The minimum Gasteiger partial charge on any atom is -0.494 e. The van der Waals surface area contributed by atoms with Crippen LogP contribution in [0.4, 0.5) is 5.69 Å². The third-order valence-electron chi connectivity index (χ3n) is 3.06. The molecule has 0 saturated carbocycles. The zero-order valence-corrected chi connectivity index (χ0v) is 13.1. The van der Waals surface area contributed by atoms with E-state index in [1.807, 2.05) is 13.8 Å². The maximum atomic E-state index is 12.4. The van der Waals surface area contributed by atoms with Crippen molar-refractivity contribution in [2.24, 2.45) is 0 Å². The summed E-state index contributed by atoms with van der Waals surface area (Å²) in [5.41, 5.74) is 1.11. The molecular weight excluding hydrogens is 290 g/mol. The van der Waals surface area contributed by atoms with Crippen LogP contribution in [-0.2, 0) is 16.6 Å². The van der Waals surface area contributed by atoms with Gasteiger partial charge in [0.05, 0.1) is 18.5 Å². The van der Waals surface area contributed by atoms with Crippen LogP contribution in [0.15, 0.2) is 35.4 Å². The molecular formula is C14H19N3O3S. The Labute approximate surface area is 124 Å². The van der Waals surface area contributed by atoms with Crippen LogP contribution in [0.5, 0.6) is 5.75 Å². The molecule has 0 aliphatic heterocycles. The first-order chi connectivity index (χ1) is 9.97. The van der Waals surface area contributed by atoms with Gasteiger partial charge in [0.2, 0.25) is 0 Å². The van der Waals surface area contributed by atoms with E-state index in [4.69, 9.17) is 4.74 Å². The second kappa shape index (κ2) is 6.17. The van der Waals surface area contributed by atoms with Crippen molar-refractivity contribution in [3.63, 3.8) is 0 Å². The Hall–Kier alpha value is -2.02. The summed E-state index contributed by atoms with van der Waals surface area (Å²) in [6.07, 6.45) is 1.37. The maximum Gasteiger partial charge on any atom is 0.265 e. The van der Waals surface area contributed by atoms with Crippen LogP contribution in [0.25, 0.3) is 0 Å². The maximum absolute atomic E-state index is 12.4. The van der Waals surface area contributed by atoms with Crippen LogP contribution in [0.1, 0.15) is 19.5 Å². The number of benzene rings is 1. The van der Waals surface area contributed by atoms with Crippen molar-refractivity contribution in [1.29, 1.82) is 0 Å². The molecule has 0 saturated heterocycles. The second-order valence-corrected chi connectivity index (χ2v) is 6.12. The normalized spacial score (nSPS) is 11.4. The van der Waals surface area contributed by atoms with E-state index in [0.29, 0.717) is 30.3 Å². The summed E-state index contributed by atoms with van der Waals surface area (Å²) < 4.78 is 34.2. The SMILES string of the molecule is CCOc1ccc(NS(=O)(=O)c2cnn(CC)c2C)cc1. The molecule has 114 valence electrons. The van der Waals surface area contributed by atoms with Crippen molar-refractivity contribution in [2.45, 2.75) is 32.2 Å². The van der Waals surface area contributed by atoms with Gasteiger partial charge in [-0.3, -0.25) is 9.40 Å². The Balaban J connectivity index is 2.22. The first-order valence-corrected chi connectivity index (χ1v) is 8.24. The van der Waals surface area contributed by atoms with Gasteiger partial charge in [-0.15, -0.1) is 0 Å². The van der Waals surface area contributed by atoms with E-state index in [0.717, 1.165) is 0 Å². The molecule has 7 heteroatoms. The molecule has 0 atom stereocenters. The van der Waals surface area contributed by atoms with E-state index in [2.05, 4.69) is 9.82 Å². The lowest BCUT2D eigenvalue weighted by Gasteiger charge is -2.09. The van der Waals surface area contributed by atoms with Gasteiger partial charge in [0, 0.05) is 12.2 Å². The monoisotopic (exact) mass is 309 g/mol. The van der Waals surface area contributed by atoms with E-state index in [1.165, 1.54) is 6.20 Å². The molecule has 0 radical (unpaired) electrons. The number of nitrogens with one attached hydrogen (secondary N) is 1. The van der Waals surface area contributed by atoms with Crippen molar-refractivity contribution >= 4 is 15.7 Å². The minimum absolute atomic E-state index is 0.193. The topological polar surface area (TPSA) is 73.2 Å². The fraction of sp³-hybridized carbons (Fsp3) is 0.357. The summed E-state index contributed by atoms with van der Waals surface area (Å²) in [6, 6.07) is 6.79. The highest BCUT2D eigenvalue weighted by atomic mass is 32.2. The fourth-order valence-electron chi connectivity index (χ4n) is 2.01. The van der Waals surface area contributed by atoms with E-state index in [9.17, 15) is 8.42 Å². The Morgan fingerprint density at radius 2 is 1.90 bits per heavy atom. The average Bonchev–Trinajstić information content (AvgIpc) is 2.83. The number of nitrogens with zero attached hydrogens (tertiary/aromatic N) is 2. The Kier molecular flexibility index (Phi) is 4.52. The summed E-state index contributed by atoms with van der Waals surface area (Å²) in [6.45, 7) is 6.75. The average molecular weight is 309 g/mol. The highest BCUT2D eigenvalue weighted by molar-refractivity contribution is 7.92. The molecule has 6 nitrogen and oxygen atoms in total. The smallest absolute Gasteiger partial charge is 0.265 e. The molecule has 1 aromatic heterocycles. The van der Waals surface area contributed by atoms with Crippen molar-refractivity contribution in [1.82, 2.24) is 9.78 Å². The lowest BCUT2D eigenvalue weighted by molar-refractivity contribution is 0.340. The van der Waals surface area contributed by atoms with Crippen molar-refractivity contribution in [2.75, 3.05) is 11.3 Å². The Bertz CT molecular complexity index is 706. The van der Waals surface area contributed by atoms with Gasteiger partial charge in [0.15, 0.2) is 0 Å². The van der Waals surface area contributed by atoms with Gasteiger partial charge in [0.25, 0.3) is 10.0 Å². The van der Waals surface area contributed by atoms with Gasteiger partial charge < -0.3 is 4.74 Å². The third kappa shape index (κ3) is 3.36. The van der Waals surface area contributed by atoms with Crippen LogP contribution < -0.4 is 9.46 Å². The largest absolute Gasteiger partial charge is 0.494 e. The highest BCUT2D eigenvalue weighted by Crippen LogP contribution is 2.21. The summed E-state index contributed by atoms with van der Waals surface area (Å²) in [4.78, 5) is 0.193. The molecule has 1 heterocycles. The van der Waals surface area contributed by atoms with Gasteiger partial charge in [-0.05, 0) is 45.0 Å². The molecule has 2 rings (SSSR count). The third-order valence-corrected chi connectivity index (χ3v) is 4.55. The molecule has 0 unspecified atom stereocenters. The number of sulfonamides is 1. The van der Waals surface area contributed by atoms with Crippen LogP contribution in [-0.4, -0.2) is 24.8 Å². The molecule has 1 aromatic carbocycles.